The number of rotatable bonds is 6. The van der Waals surface area contributed by atoms with Crippen LogP contribution in [0.4, 0.5) is 11.5 Å². The zero-order valence-electron chi connectivity index (χ0n) is 20.8. The van der Waals surface area contributed by atoms with Crippen LogP contribution in [-0.4, -0.2) is 70.0 Å². The third-order valence-electron chi connectivity index (χ3n) is 5.09. The van der Waals surface area contributed by atoms with Gasteiger partial charge in [-0.2, -0.15) is 0 Å². The summed E-state index contributed by atoms with van der Waals surface area (Å²) in [5.74, 6) is -4.23. The van der Waals surface area contributed by atoms with Crippen molar-refractivity contribution >= 4 is 41.2 Å². The lowest BCUT2D eigenvalue weighted by molar-refractivity contribution is -0.225. The van der Waals surface area contributed by atoms with E-state index in [4.69, 9.17) is 18.9 Å². The smallest absolute Gasteiger partial charge is 0.332 e. The van der Waals surface area contributed by atoms with Crippen LogP contribution in [0.3, 0.4) is 0 Å². The number of nitrogens with one attached hydrogen (secondary N) is 1. The van der Waals surface area contributed by atoms with Gasteiger partial charge in [0, 0.05) is 48.7 Å². The second-order valence-corrected chi connectivity index (χ2v) is 7.99. The van der Waals surface area contributed by atoms with Crippen LogP contribution in [0.25, 0.3) is 0 Å². The van der Waals surface area contributed by atoms with Crippen molar-refractivity contribution in [1.29, 1.82) is 0 Å². The molecule has 0 spiro atoms. The number of hydrogen-bond donors (Lipinski definition) is 1. The SMILES string of the molecule is CC(=O)Nc1c(N(C(C)=O)[C@@H]2OC[C@@H](OC(C)=O)[C@@H](OC(C)=O)[C@H]2OC(C)=O)c(=O)n(C)c(=O)n1C. The molecule has 36 heavy (non-hydrogen) atoms. The fourth-order valence-corrected chi connectivity index (χ4v) is 3.76. The lowest BCUT2D eigenvalue weighted by Gasteiger charge is -2.44. The van der Waals surface area contributed by atoms with Crippen LogP contribution >= 0.6 is 0 Å². The average Bonchev–Trinajstić information content (AvgIpc) is 2.74. The van der Waals surface area contributed by atoms with Crippen molar-refractivity contribution in [2.45, 2.75) is 59.2 Å². The van der Waals surface area contributed by atoms with E-state index in [0.717, 1.165) is 51.1 Å². The molecule has 1 N–H and O–H groups in total. The Kier molecular flexibility index (Phi) is 8.75. The van der Waals surface area contributed by atoms with E-state index >= 15 is 0 Å². The molecule has 198 valence electrons. The molecule has 0 aliphatic carbocycles. The minimum Gasteiger partial charge on any atom is -0.456 e. The number of carbonyl (C=O) groups is 5. The van der Waals surface area contributed by atoms with Crippen LogP contribution in [-0.2, 0) is 57.0 Å². The number of aromatic nitrogens is 2. The van der Waals surface area contributed by atoms with Crippen LogP contribution in [0, 0.1) is 0 Å². The zero-order valence-corrected chi connectivity index (χ0v) is 20.8. The van der Waals surface area contributed by atoms with Crippen LogP contribution in [0.15, 0.2) is 9.59 Å². The van der Waals surface area contributed by atoms with Gasteiger partial charge in [-0.05, 0) is 0 Å². The van der Waals surface area contributed by atoms with Crippen molar-refractivity contribution in [1.82, 2.24) is 9.13 Å². The fraction of sp³-hybridized carbons (Fsp3) is 0.571. The second kappa shape index (κ2) is 11.2. The van der Waals surface area contributed by atoms with E-state index in [1.54, 1.807) is 0 Å². The Morgan fingerprint density at radius 1 is 0.861 bits per heavy atom. The van der Waals surface area contributed by atoms with E-state index in [1.807, 2.05) is 0 Å². The molecular weight excluding hydrogens is 484 g/mol. The Balaban J connectivity index is 2.81. The Labute approximate surface area is 204 Å². The van der Waals surface area contributed by atoms with Gasteiger partial charge < -0.3 is 24.3 Å². The molecule has 1 aliphatic heterocycles. The monoisotopic (exact) mass is 512 g/mol. The van der Waals surface area contributed by atoms with Crippen LogP contribution < -0.4 is 21.5 Å². The molecule has 0 saturated carbocycles. The normalized spacial score (nSPS) is 21.2. The van der Waals surface area contributed by atoms with Crippen molar-refractivity contribution in [2.24, 2.45) is 14.1 Å². The molecule has 0 unspecified atom stereocenters. The highest BCUT2D eigenvalue weighted by molar-refractivity contribution is 5.98. The minimum atomic E-state index is -1.60. The lowest BCUT2D eigenvalue weighted by atomic mass is 10.0. The number of carbonyl (C=O) groups excluding carboxylic acids is 5. The first kappa shape index (κ1) is 28.2. The van der Waals surface area contributed by atoms with Crippen molar-refractivity contribution in [2.75, 3.05) is 16.8 Å². The van der Waals surface area contributed by atoms with Crippen LogP contribution in [0.2, 0.25) is 0 Å². The summed E-state index contributed by atoms with van der Waals surface area (Å²) in [5.41, 5.74) is -2.25. The first-order chi connectivity index (χ1) is 16.7. The molecule has 1 aliphatic rings. The topological polar surface area (TPSA) is 182 Å². The fourth-order valence-electron chi connectivity index (χ4n) is 3.76. The van der Waals surface area contributed by atoms with E-state index in [9.17, 15) is 33.6 Å². The summed E-state index contributed by atoms with van der Waals surface area (Å²) < 4.78 is 23.1. The second-order valence-electron chi connectivity index (χ2n) is 7.99. The summed E-state index contributed by atoms with van der Waals surface area (Å²) >= 11 is 0. The van der Waals surface area contributed by atoms with Crippen molar-refractivity contribution < 1.29 is 42.9 Å². The maximum Gasteiger partial charge on any atom is 0.332 e. The number of nitrogens with zero attached hydrogens (tertiary/aromatic N) is 3. The van der Waals surface area contributed by atoms with E-state index in [2.05, 4.69) is 5.32 Å². The highest BCUT2D eigenvalue weighted by Gasteiger charge is 2.51. The van der Waals surface area contributed by atoms with Gasteiger partial charge in [-0.3, -0.25) is 42.8 Å². The van der Waals surface area contributed by atoms with Gasteiger partial charge in [0.2, 0.25) is 11.8 Å². The molecule has 2 heterocycles. The first-order valence-corrected chi connectivity index (χ1v) is 10.7. The molecular formula is C21H28N4O11. The lowest BCUT2D eigenvalue weighted by Crippen LogP contribution is -2.64. The maximum atomic E-state index is 13.2. The molecule has 0 bridgehead atoms. The molecule has 0 aromatic carbocycles. The first-order valence-electron chi connectivity index (χ1n) is 10.7. The van der Waals surface area contributed by atoms with Gasteiger partial charge in [0.25, 0.3) is 5.56 Å². The molecule has 1 aromatic rings. The molecule has 1 saturated heterocycles. The van der Waals surface area contributed by atoms with Gasteiger partial charge >= 0.3 is 23.6 Å². The van der Waals surface area contributed by atoms with E-state index in [-0.39, 0.29) is 5.82 Å². The largest absolute Gasteiger partial charge is 0.456 e. The van der Waals surface area contributed by atoms with E-state index in [0.29, 0.717) is 4.57 Å². The molecule has 0 radical (unpaired) electrons. The Bertz CT molecular complexity index is 1200. The number of anilines is 2. The third-order valence-corrected chi connectivity index (χ3v) is 5.09. The van der Waals surface area contributed by atoms with Crippen LogP contribution in [0.1, 0.15) is 34.6 Å². The van der Waals surface area contributed by atoms with Gasteiger partial charge in [-0.25, -0.2) is 4.79 Å². The standard InChI is InChI=1S/C21H28N4O11/c1-9(26)22-18-15(19(31)24(7)21(32)23(18)6)25(10(2)27)20-17(36-13(5)30)16(35-12(4)29)14(8-33-20)34-11(3)28/h14,16-17,20H,8H2,1-7H3,(H,22,26)/t14-,16-,17-,20-/m1/s1. The Morgan fingerprint density at radius 2 is 1.39 bits per heavy atom. The number of hydrogen-bond acceptors (Lipinski definition) is 11. The van der Waals surface area contributed by atoms with Gasteiger partial charge in [-0.15, -0.1) is 0 Å². The summed E-state index contributed by atoms with van der Waals surface area (Å²) in [5, 5.41) is 2.36. The van der Waals surface area contributed by atoms with Crippen molar-refractivity contribution in [3.05, 3.63) is 20.8 Å². The number of ether oxygens (including phenoxy) is 4. The molecule has 15 heteroatoms. The summed E-state index contributed by atoms with van der Waals surface area (Å²) in [4.78, 5) is 86.7. The Hall–Kier alpha value is -4.01. The summed E-state index contributed by atoms with van der Waals surface area (Å²) in [6, 6.07) is 0. The van der Waals surface area contributed by atoms with Gasteiger partial charge in [0.15, 0.2) is 30.2 Å². The number of esters is 3. The highest BCUT2D eigenvalue weighted by Crippen LogP contribution is 2.31. The van der Waals surface area contributed by atoms with Gasteiger partial charge in [0.05, 0.1) is 6.61 Å². The van der Waals surface area contributed by atoms with Crippen molar-refractivity contribution in [3.8, 4) is 0 Å². The maximum absolute atomic E-state index is 13.2. The Morgan fingerprint density at radius 3 is 1.86 bits per heavy atom. The van der Waals surface area contributed by atoms with E-state index in [1.165, 1.54) is 7.05 Å². The molecule has 2 rings (SSSR count). The predicted molar refractivity (Wildman–Crippen MR) is 121 cm³/mol. The molecule has 4 atom stereocenters. The summed E-state index contributed by atoms with van der Waals surface area (Å²) in [7, 11) is 2.42. The quantitative estimate of drug-likeness (QED) is 0.348. The molecule has 2 amide bonds. The predicted octanol–water partition coefficient (Wildman–Crippen LogP) is -1.45. The third kappa shape index (κ3) is 5.97. The molecule has 1 fully saturated rings. The average molecular weight is 512 g/mol. The number of amides is 2. The summed E-state index contributed by atoms with van der Waals surface area (Å²) in [6.07, 6.45) is -5.84. The highest BCUT2D eigenvalue weighted by atomic mass is 16.6. The molecule has 1 aromatic heterocycles. The van der Waals surface area contributed by atoms with E-state index < -0.39 is 77.8 Å². The summed E-state index contributed by atoms with van der Waals surface area (Å²) in [6.45, 7) is 4.99. The van der Waals surface area contributed by atoms with Crippen molar-refractivity contribution in [3.63, 3.8) is 0 Å². The van der Waals surface area contributed by atoms with Gasteiger partial charge in [0.1, 0.15) is 5.82 Å². The zero-order chi connectivity index (χ0) is 27.5. The van der Waals surface area contributed by atoms with Gasteiger partial charge in [-0.1, -0.05) is 0 Å². The minimum absolute atomic E-state index is 0.331. The van der Waals surface area contributed by atoms with Crippen LogP contribution in [0.5, 0.6) is 0 Å². The molecule has 15 nitrogen and oxygen atoms in total.